The van der Waals surface area contributed by atoms with Crippen molar-refractivity contribution in [3.8, 4) is 0 Å². The first-order chi connectivity index (χ1) is 8.49. The Balaban J connectivity index is 2.31. The summed E-state index contributed by atoms with van der Waals surface area (Å²) in [6.45, 7) is -0.0734. The number of nitrogens with zero attached hydrogens (tertiary/aromatic N) is 4. The summed E-state index contributed by atoms with van der Waals surface area (Å²) in [5.74, 6) is -1.60. The van der Waals surface area contributed by atoms with Crippen LogP contribution in [0.15, 0.2) is 21.5 Å². The number of carbonyl (C=O) groups is 1. The van der Waals surface area contributed by atoms with Crippen LogP contribution in [0.1, 0.15) is 16.1 Å². The van der Waals surface area contributed by atoms with Gasteiger partial charge in [-0.2, -0.15) is 4.68 Å². The number of hydrogen-bond acceptors (Lipinski definition) is 6. The van der Waals surface area contributed by atoms with Crippen LogP contribution in [0.3, 0.4) is 0 Å². The van der Waals surface area contributed by atoms with Gasteiger partial charge in [0.15, 0.2) is 0 Å². The quantitative estimate of drug-likeness (QED) is 0.665. The molecule has 94 valence electrons. The molecular weight excluding hydrogens is 312 g/mol. The molecule has 0 unspecified atom stereocenters. The molecule has 0 aliphatic carbocycles. The van der Waals surface area contributed by atoms with Crippen LogP contribution < -0.4 is 0 Å². The lowest BCUT2D eigenvalue weighted by Gasteiger charge is -1.96. The van der Waals surface area contributed by atoms with E-state index in [0.29, 0.717) is 0 Å². The van der Waals surface area contributed by atoms with Crippen LogP contribution in [-0.4, -0.2) is 30.8 Å². The lowest BCUT2D eigenvalue weighted by Crippen LogP contribution is -2.06. The summed E-state index contributed by atoms with van der Waals surface area (Å²) in [6.07, 6.45) is 1.22. The van der Waals surface area contributed by atoms with Crippen LogP contribution in [0.25, 0.3) is 0 Å². The van der Waals surface area contributed by atoms with E-state index in [1.165, 1.54) is 12.3 Å². The molecule has 2 aromatic rings. The van der Waals surface area contributed by atoms with Crippen molar-refractivity contribution in [1.82, 2.24) is 14.8 Å². The number of furan rings is 1. The number of aromatic nitrogens is 3. The third kappa shape index (κ3) is 2.22. The van der Waals surface area contributed by atoms with Gasteiger partial charge in [-0.1, -0.05) is 0 Å². The van der Waals surface area contributed by atoms with Gasteiger partial charge in [-0.3, -0.25) is 0 Å². The molecule has 0 radical (unpaired) electrons. The molecule has 0 saturated carbocycles. The van der Waals surface area contributed by atoms with Crippen LogP contribution in [0, 0.1) is 10.1 Å². The number of hydrogen-bond donors (Lipinski definition) is 1. The van der Waals surface area contributed by atoms with Gasteiger partial charge in [0.1, 0.15) is 17.9 Å². The first-order valence-electron chi connectivity index (χ1n) is 4.53. The highest BCUT2D eigenvalue weighted by molar-refractivity contribution is 9.10. The Morgan fingerprint density at radius 2 is 2.39 bits per heavy atom. The van der Waals surface area contributed by atoms with E-state index >= 15 is 0 Å². The van der Waals surface area contributed by atoms with Gasteiger partial charge in [0, 0.05) is 21.0 Å². The minimum absolute atomic E-state index is 0.0277. The van der Waals surface area contributed by atoms with Crippen molar-refractivity contribution in [3.63, 3.8) is 0 Å². The lowest BCUT2D eigenvalue weighted by atomic mass is 10.2. The van der Waals surface area contributed by atoms with Crippen LogP contribution >= 0.6 is 15.9 Å². The Hall–Kier alpha value is -2.23. The van der Waals surface area contributed by atoms with Gasteiger partial charge in [0.05, 0.1) is 6.26 Å². The van der Waals surface area contributed by atoms with Gasteiger partial charge in [-0.15, -0.1) is 0 Å². The Bertz CT molecular complexity index is 619. The predicted octanol–water partition coefficient (Wildman–Crippen LogP) is 1.29. The molecule has 0 fully saturated rings. The molecule has 1 N–H and O–H groups in total. The zero-order chi connectivity index (χ0) is 13.3. The summed E-state index contributed by atoms with van der Waals surface area (Å²) >= 11 is 2.99. The Morgan fingerprint density at radius 1 is 1.67 bits per heavy atom. The van der Waals surface area contributed by atoms with E-state index in [9.17, 15) is 14.9 Å². The van der Waals surface area contributed by atoms with E-state index in [4.69, 9.17) is 9.52 Å². The fourth-order valence-electron chi connectivity index (χ4n) is 1.28. The molecule has 2 heterocycles. The number of halogens is 1. The van der Waals surface area contributed by atoms with Gasteiger partial charge >= 0.3 is 11.9 Å². The summed E-state index contributed by atoms with van der Waals surface area (Å²) < 4.78 is 6.24. The smallest absolute Gasteiger partial charge is 0.478 e. The fourth-order valence-corrected chi connectivity index (χ4v) is 1.64. The van der Waals surface area contributed by atoms with Gasteiger partial charge < -0.3 is 19.6 Å². The predicted molar refractivity (Wildman–Crippen MR) is 59.1 cm³/mol. The van der Waals surface area contributed by atoms with Crippen molar-refractivity contribution in [3.05, 3.63) is 38.5 Å². The SMILES string of the molecule is O=C(O)c1ccoc1Cn1nc([N+](=O)[O-])nc1Br. The third-order valence-electron chi connectivity index (χ3n) is 2.05. The first-order valence-corrected chi connectivity index (χ1v) is 5.32. The van der Waals surface area contributed by atoms with E-state index < -0.39 is 16.8 Å². The van der Waals surface area contributed by atoms with Crippen molar-refractivity contribution >= 4 is 27.8 Å². The van der Waals surface area contributed by atoms with Gasteiger partial charge in [0.2, 0.25) is 0 Å². The van der Waals surface area contributed by atoms with Gasteiger partial charge in [0.25, 0.3) is 4.73 Å². The van der Waals surface area contributed by atoms with Crippen molar-refractivity contribution in [1.29, 1.82) is 0 Å². The number of carboxylic acids is 1. The molecule has 0 aliphatic rings. The maximum atomic E-state index is 10.8. The molecule has 18 heavy (non-hydrogen) atoms. The van der Waals surface area contributed by atoms with Crippen LogP contribution in [0.5, 0.6) is 0 Å². The molecule has 0 atom stereocenters. The average Bonchev–Trinajstić information content (AvgIpc) is 2.87. The Morgan fingerprint density at radius 3 is 2.94 bits per heavy atom. The van der Waals surface area contributed by atoms with Crippen LogP contribution in [-0.2, 0) is 6.54 Å². The van der Waals surface area contributed by atoms with Crippen molar-refractivity contribution < 1.29 is 19.2 Å². The van der Waals surface area contributed by atoms with Crippen LogP contribution in [0.4, 0.5) is 5.95 Å². The van der Waals surface area contributed by atoms with E-state index in [0.717, 1.165) is 4.68 Å². The van der Waals surface area contributed by atoms with Crippen molar-refractivity contribution in [2.24, 2.45) is 0 Å². The largest absolute Gasteiger partial charge is 0.492 e. The summed E-state index contributed by atoms with van der Waals surface area (Å²) in [6, 6.07) is 1.29. The molecule has 0 aromatic carbocycles. The Labute approximate surface area is 107 Å². The topological polar surface area (TPSA) is 124 Å². The lowest BCUT2D eigenvalue weighted by molar-refractivity contribution is -0.394. The summed E-state index contributed by atoms with van der Waals surface area (Å²) in [7, 11) is 0. The number of aromatic carboxylic acids is 1. The second-order valence-corrected chi connectivity index (χ2v) is 3.87. The van der Waals surface area contributed by atoms with Gasteiger partial charge in [-0.05, 0) is 16.0 Å². The highest BCUT2D eigenvalue weighted by atomic mass is 79.9. The molecule has 0 spiro atoms. The second kappa shape index (κ2) is 4.56. The zero-order valence-corrected chi connectivity index (χ0v) is 10.2. The van der Waals surface area contributed by atoms with E-state index in [2.05, 4.69) is 26.0 Å². The number of carboxylic acid groups (broad SMARTS) is 1. The highest BCUT2D eigenvalue weighted by Gasteiger charge is 2.22. The Kier molecular flexibility index (Phi) is 3.10. The molecule has 0 aliphatic heterocycles. The second-order valence-electron chi connectivity index (χ2n) is 3.16. The molecule has 10 heteroatoms. The molecule has 0 amide bonds. The molecule has 0 saturated heterocycles. The normalized spacial score (nSPS) is 10.5. The van der Waals surface area contributed by atoms with E-state index in [1.54, 1.807) is 0 Å². The third-order valence-corrected chi connectivity index (χ3v) is 2.63. The molecule has 2 rings (SSSR count). The van der Waals surface area contributed by atoms with Crippen molar-refractivity contribution in [2.45, 2.75) is 6.54 Å². The summed E-state index contributed by atoms with van der Waals surface area (Å²) in [5, 5.41) is 22.9. The molecule has 2 aromatic heterocycles. The highest BCUT2D eigenvalue weighted by Crippen LogP contribution is 2.17. The number of rotatable bonds is 4. The van der Waals surface area contributed by atoms with E-state index in [1.807, 2.05) is 0 Å². The average molecular weight is 317 g/mol. The monoisotopic (exact) mass is 316 g/mol. The molecular formula is C8H5BrN4O5. The standard InChI is InChI=1S/C8H5BrN4O5/c9-7-10-8(13(16)17)11-12(7)3-5-4(6(14)15)1-2-18-5/h1-2H,3H2,(H,14,15). The van der Waals surface area contributed by atoms with Crippen LogP contribution in [0.2, 0.25) is 0 Å². The zero-order valence-electron chi connectivity index (χ0n) is 8.61. The molecule has 9 nitrogen and oxygen atoms in total. The summed E-state index contributed by atoms with van der Waals surface area (Å²) in [5.41, 5.74) is -0.0277. The molecule has 0 bridgehead atoms. The number of nitro groups is 1. The maximum Gasteiger partial charge on any atom is 0.492 e. The van der Waals surface area contributed by atoms with Crippen molar-refractivity contribution in [2.75, 3.05) is 0 Å². The minimum atomic E-state index is -1.15. The fraction of sp³-hybridized carbons (Fsp3) is 0.125. The first kappa shape index (κ1) is 12.2. The summed E-state index contributed by atoms with van der Waals surface area (Å²) in [4.78, 5) is 24.1. The van der Waals surface area contributed by atoms with Gasteiger partial charge in [-0.25, -0.2) is 4.79 Å². The minimum Gasteiger partial charge on any atom is -0.478 e. The van der Waals surface area contributed by atoms with E-state index in [-0.39, 0.29) is 22.6 Å². The maximum absolute atomic E-state index is 10.8.